The van der Waals surface area contributed by atoms with E-state index in [1.807, 2.05) is 18.2 Å². The molecule has 5 atom stereocenters. The lowest BCUT2D eigenvalue weighted by Crippen LogP contribution is -2.30. The number of hydrogen-bond donors (Lipinski definition) is 3. The highest BCUT2D eigenvalue weighted by atomic mass is 31.2. The van der Waals surface area contributed by atoms with Gasteiger partial charge in [0.1, 0.15) is 19.3 Å². The Hall–Kier alpha value is -4.80. The van der Waals surface area contributed by atoms with Gasteiger partial charge >= 0.3 is 39.5 Å². The molecule has 0 heterocycles. The Balaban J connectivity index is 5.38. The Morgan fingerprint density at radius 2 is 0.560 bits per heavy atom. The molecule has 0 bridgehead atoms. The van der Waals surface area contributed by atoms with Gasteiger partial charge in [0, 0.05) is 25.7 Å². The number of ether oxygens (including phenoxy) is 4. The van der Waals surface area contributed by atoms with Crippen LogP contribution in [0.5, 0.6) is 0 Å². The van der Waals surface area contributed by atoms with Gasteiger partial charge < -0.3 is 33.8 Å². The van der Waals surface area contributed by atoms with Crippen LogP contribution in [-0.4, -0.2) is 96.7 Å². The van der Waals surface area contributed by atoms with Crippen molar-refractivity contribution in [3.8, 4) is 0 Å². The van der Waals surface area contributed by atoms with Gasteiger partial charge in [0.2, 0.25) is 0 Å². The van der Waals surface area contributed by atoms with Crippen LogP contribution < -0.4 is 0 Å². The molecule has 0 aliphatic carbocycles. The molecule has 100 heavy (non-hydrogen) atoms. The standard InChI is InChI=1S/C81H136O17P2/c1-5-9-13-17-21-25-29-32-34-36-37-39-41-44-47-50-54-58-62-66-78(83)91-71-76(97-80(85)67-63-59-55-51-45-28-24-20-16-12-8-4)73-95-99(87,88)93-69-75(82)70-94-100(89,90)96-74-77(98-81(86)68-64-60-56-52-48-42-31-27-23-19-15-11-7-3)72-92-79(84)65-61-57-53-49-46-43-40-38-35-33-30-26-22-18-14-10-6-2/h9-10,13-15,19,21-22,25-27,31-35,37,39,44,47,54,58,75-77,82H,5-8,11-12,16-18,20,23-24,28-30,36,38,40-43,45-46,48-53,55-57,59-74H2,1-4H3,(H,87,88)(H,89,90)/b13-9-,14-10-,19-15-,25-21-,26-22-,31-27-,34-32-,35-33-,39-37-,47-44-,58-54-. The molecule has 0 aliphatic heterocycles. The number of esters is 4. The van der Waals surface area contributed by atoms with E-state index in [1.165, 1.54) is 38.5 Å². The third-order valence-corrected chi connectivity index (χ3v) is 17.5. The minimum atomic E-state index is -4.99. The first kappa shape index (κ1) is 95.2. The molecule has 0 saturated heterocycles. The average molecular weight is 1440 g/mol. The lowest BCUT2D eigenvalue weighted by atomic mass is 10.1. The Labute approximate surface area is 605 Å². The Morgan fingerprint density at radius 3 is 0.900 bits per heavy atom. The van der Waals surface area contributed by atoms with Crippen LogP contribution in [-0.2, 0) is 65.4 Å². The van der Waals surface area contributed by atoms with Crippen LogP contribution in [0, 0.1) is 0 Å². The molecule has 0 aromatic rings. The highest BCUT2D eigenvalue weighted by molar-refractivity contribution is 7.47. The van der Waals surface area contributed by atoms with Crippen LogP contribution in [0.4, 0.5) is 0 Å². The fourth-order valence-corrected chi connectivity index (χ4v) is 11.4. The summed E-state index contributed by atoms with van der Waals surface area (Å²) in [6, 6.07) is 0. The number of aliphatic hydroxyl groups is 1. The number of phosphoric ester groups is 2. The average Bonchev–Trinajstić information content (AvgIpc) is 1.02. The molecule has 0 saturated carbocycles. The minimum absolute atomic E-state index is 0.0351. The van der Waals surface area contributed by atoms with E-state index >= 15 is 0 Å². The van der Waals surface area contributed by atoms with Crippen LogP contribution in [0.3, 0.4) is 0 Å². The van der Waals surface area contributed by atoms with Gasteiger partial charge in [-0.05, 0) is 122 Å². The molecule has 17 nitrogen and oxygen atoms in total. The zero-order valence-electron chi connectivity index (χ0n) is 62.3. The summed E-state index contributed by atoms with van der Waals surface area (Å²) in [5.41, 5.74) is 0. The van der Waals surface area contributed by atoms with E-state index in [9.17, 15) is 43.2 Å². The van der Waals surface area contributed by atoms with E-state index in [4.69, 9.17) is 37.0 Å². The SMILES string of the molecule is CC/C=C\C/C=C\C/C=C\C/C=C\C/C=C\C/C=C\CCC(=O)OCC(COP(=O)(O)OCC(O)COP(=O)(O)OCC(COC(=O)CCCCCCCCC/C=C\C/C=C\C/C=C\CC)OC(=O)CCCCCCC/C=C\C/C=C\CCC)OC(=O)CCCCCCCCCCCCC. The van der Waals surface area contributed by atoms with Crippen molar-refractivity contribution in [1.29, 1.82) is 0 Å². The molecule has 0 aromatic carbocycles. The first-order valence-electron chi connectivity index (χ1n) is 38.4. The van der Waals surface area contributed by atoms with Crippen molar-refractivity contribution < 1.29 is 80.2 Å². The Morgan fingerprint density at radius 1 is 0.290 bits per heavy atom. The summed E-state index contributed by atoms with van der Waals surface area (Å²) in [5.74, 6) is -2.30. The summed E-state index contributed by atoms with van der Waals surface area (Å²) in [4.78, 5) is 72.8. The van der Waals surface area contributed by atoms with Gasteiger partial charge in [-0.15, -0.1) is 0 Å². The molecule has 0 radical (unpaired) electrons. The van der Waals surface area contributed by atoms with Crippen molar-refractivity contribution in [2.24, 2.45) is 0 Å². The van der Waals surface area contributed by atoms with Crippen LogP contribution in [0.15, 0.2) is 134 Å². The van der Waals surface area contributed by atoms with Crippen molar-refractivity contribution in [3.63, 3.8) is 0 Å². The second kappa shape index (κ2) is 72.5. The number of hydrogen-bond acceptors (Lipinski definition) is 15. The number of carbonyl (C=O) groups is 4. The van der Waals surface area contributed by atoms with E-state index in [0.717, 1.165) is 173 Å². The van der Waals surface area contributed by atoms with Gasteiger partial charge in [-0.2, -0.15) is 0 Å². The molecular formula is C81H136O17P2. The van der Waals surface area contributed by atoms with Crippen LogP contribution >= 0.6 is 15.6 Å². The highest BCUT2D eigenvalue weighted by Crippen LogP contribution is 2.45. The molecule has 5 unspecified atom stereocenters. The van der Waals surface area contributed by atoms with E-state index in [2.05, 4.69) is 143 Å². The maximum Gasteiger partial charge on any atom is 0.472 e. The lowest BCUT2D eigenvalue weighted by molar-refractivity contribution is -0.161. The first-order valence-corrected chi connectivity index (χ1v) is 41.4. The normalized spacial score (nSPS) is 14.7. The third kappa shape index (κ3) is 71.6. The van der Waals surface area contributed by atoms with Crippen molar-refractivity contribution in [1.82, 2.24) is 0 Å². The summed E-state index contributed by atoms with van der Waals surface area (Å²) < 4.78 is 68.4. The van der Waals surface area contributed by atoms with E-state index < -0.39 is 97.5 Å². The minimum Gasteiger partial charge on any atom is -0.462 e. The molecule has 0 aromatic heterocycles. The zero-order valence-corrected chi connectivity index (χ0v) is 64.1. The number of phosphoric acid groups is 2. The second-order valence-electron chi connectivity index (χ2n) is 25.2. The van der Waals surface area contributed by atoms with Crippen LogP contribution in [0.2, 0.25) is 0 Å². The molecule has 572 valence electrons. The maximum atomic E-state index is 13.1. The van der Waals surface area contributed by atoms with Gasteiger partial charge in [-0.1, -0.05) is 283 Å². The second-order valence-corrected chi connectivity index (χ2v) is 28.1. The molecule has 0 amide bonds. The Kier molecular flexibility index (Phi) is 69.1. The van der Waals surface area contributed by atoms with E-state index in [1.54, 1.807) is 0 Å². The summed E-state index contributed by atoms with van der Waals surface area (Å²) in [7, 11) is -9.98. The summed E-state index contributed by atoms with van der Waals surface area (Å²) in [6.45, 7) is 4.46. The maximum absolute atomic E-state index is 13.1. The van der Waals surface area contributed by atoms with Crippen LogP contribution in [0.1, 0.15) is 297 Å². The first-order chi connectivity index (χ1) is 48.7. The number of aliphatic hydroxyl groups excluding tert-OH is 1. The van der Waals surface area contributed by atoms with Crippen LogP contribution in [0.25, 0.3) is 0 Å². The zero-order chi connectivity index (χ0) is 73.2. The topological polar surface area (TPSA) is 237 Å². The number of rotatable bonds is 71. The fraction of sp³-hybridized carbons (Fsp3) is 0.679. The highest BCUT2D eigenvalue weighted by Gasteiger charge is 2.30. The van der Waals surface area contributed by atoms with Crippen molar-refractivity contribution >= 4 is 39.5 Å². The van der Waals surface area contributed by atoms with Gasteiger partial charge in [0.05, 0.1) is 26.4 Å². The molecule has 0 rings (SSSR count). The van der Waals surface area contributed by atoms with Gasteiger partial charge in [-0.3, -0.25) is 37.3 Å². The number of allylic oxidation sites excluding steroid dienone is 22. The largest absolute Gasteiger partial charge is 0.472 e. The molecule has 0 fully saturated rings. The quantitative estimate of drug-likeness (QED) is 0.0169. The molecular weight excluding hydrogens is 1310 g/mol. The smallest absolute Gasteiger partial charge is 0.462 e. The summed E-state index contributed by atoms with van der Waals surface area (Å²) >= 11 is 0. The van der Waals surface area contributed by atoms with E-state index in [0.29, 0.717) is 32.1 Å². The summed E-state index contributed by atoms with van der Waals surface area (Å²) in [5, 5.41) is 10.6. The number of unbranched alkanes of at least 4 members (excludes halogenated alkanes) is 23. The van der Waals surface area contributed by atoms with Gasteiger partial charge in [-0.25, -0.2) is 9.13 Å². The third-order valence-electron chi connectivity index (χ3n) is 15.6. The molecule has 0 aliphatic rings. The van der Waals surface area contributed by atoms with Gasteiger partial charge in [0.25, 0.3) is 0 Å². The lowest BCUT2D eigenvalue weighted by Gasteiger charge is -2.21. The molecule has 19 heteroatoms. The summed E-state index contributed by atoms with van der Waals surface area (Å²) in [6.07, 6.45) is 80.3. The fourth-order valence-electron chi connectivity index (χ4n) is 9.83. The Bertz CT molecular complexity index is 2420. The predicted octanol–water partition coefficient (Wildman–Crippen LogP) is 22.1. The van der Waals surface area contributed by atoms with Crippen molar-refractivity contribution in [2.75, 3.05) is 39.6 Å². The predicted molar refractivity (Wildman–Crippen MR) is 408 cm³/mol. The van der Waals surface area contributed by atoms with Crippen molar-refractivity contribution in [3.05, 3.63) is 134 Å². The number of carbonyl (C=O) groups excluding carboxylic acids is 4. The molecule has 3 N–H and O–H groups in total. The molecule has 0 spiro atoms. The van der Waals surface area contributed by atoms with E-state index in [-0.39, 0.29) is 25.7 Å². The van der Waals surface area contributed by atoms with Gasteiger partial charge in [0.15, 0.2) is 12.2 Å². The van der Waals surface area contributed by atoms with Crippen molar-refractivity contribution in [2.45, 2.75) is 316 Å². The monoisotopic (exact) mass is 1440 g/mol.